The lowest BCUT2D eigenvalue weighted by Crippen LogP contribution is -2.26. The average Bonchev–Trinajstić information content (AvgIpc) is 3.17. The largest absolute Gasteiger partial charge is 0.368 e. The van der Waals surface area contributed by atoms with Crippen molar-refractivity contribution in [2.45, 2.75) is 12.8 Å². The van der Waals surface area contributed by atoms with Gasteiger partial charge in [-0.2, -0.15) is 4.52 Å². The molecule has 7 heteroatoms. The molecule has 0 unspecified atom stereocenters. The smallest absolute Gasteiger partial charge is 0.251 e. The van der Waals surface area contributed by atoms with Crippen molar-refractivity contribution in [3.8, 4) is 0 Å². The van der Waals surface area contributed by atoms with Crippen LogP contribution in [0.5, 0.6) is 0 Å². The van der Waals surface area contributed by atoms with Crippen LogP contribution in [0.4, 0.5) is 5.82 Å². The molecule has 2 N–H and O–H groups in total. The van der Waals surface area contributed by atoms with Gasteiger partial charge in [0.15, 0.2) is 11.5 Å². The highest BCUT2D eigenvalue weighted by molar-refractivity contribution is 5.94. The van der Waals surface area contributed by atoms with Gasteiger partial charge in [0.05, 0.1) is 0 Å². The monoisotopic (exact) mass is 386 g/mol. The molecule has 0 aliphatic rings. The quantitative estimate of drug-likeness (QED) is 0.486. The van der Waals surface area contributed by atoms with Crippen molar-refractivity contribution in [2.75, 3.05) is 18.4 Å². The summed E-state index contributed by atoms with van der Waals surface area (Å²) < 4.78 is 1.72. The van der Waals surface area contributed by atoms with Gasteiger partial charge < -0.3 is 10.6 Å². The van der Waals surface area contributed by atoms with Gasteiger partial charge in [0.2, 0.25) is 0 Å². The first-order valence-corrected chi connectivity index (χ1v) is 9.62. The molecule has 4 rings (SSSR count). The molecule has 0 radical (unpaired) electrons. The zero-order chi connectivity index (χ0) is 19.9. The zero-order valence-corrected chi connectivity index (χ0v) is 16.0. The molecular weight excluding hydrogens is 364 g/mol. The molecule has 0 atom stereocenters. The Hall–Kier alpha value is -3.74. The van der Waals surface area contributed by atoms with Crippen LogP contribution in [-0.2, 0) is 12.8 Å². The van der Waals surface area contributed by atoms with Crippen LogP contribution in [-0.4, -0.2) is 38.8 Å². The molecule has 0 spiro atoms. The number of hydrogen-bond acceptors (Lipinski definition) is 5. The van der Waals surface area contributed by atoms with E-state index < -0.39 is 0 Å². The lowest BCUT2D eigenvalue weighted by Gasteiger charge is -2.07. The highest BCUT2D eigenvalue weighted by atomic mass is 16.1. The summed E-state index contributed by atoms with van der Waals surface area (Å²) in [6, 6.07) is 23.3. The number of nitrogens with one attached hydrogen (secondary N) is 2. The summed E-state index contributed by atoms with van der Waals surface area (Å²) in [5.74, 6) is 1.37. The Morgan fingerprint density at radius 2 is 1.59 bits per heavy atom. The van der Waals surface area contributed by atoms with Crippen molar-refractivity contribution in [3.63, 3.8) is 0 Å². The second-order valence-corrected chi connectivity index (χ2v) is 6.64. The number of anilines is 1. The number of benzene rings is 2. The number of hydrogen-bond donors (Lipinski definition) is 2. The third-order valence-electron chi connectivity index (χ3n) is 4.56. The van der Waals surface area contributed by atoms with Crippen LogP contribution in [0, 0.1) is 0 Å². The maximum absolute atomic E-state index is 12.1. The summed E-state index contributed by atoms with van der Waals surface area (Å²) in [5.41, 5.74) is 2.60. The third-order valence-corrected chi connectivity index (χ3v) is 4.56. The van der Waals surface area contributed by atoms with E-state index in [0.29, 0.717) is 30.0 Å². The number of aromatic nitrogens is 4. The van der Waals surface area contributed by atoms with Crippen molar-refractivity contribution in [1.29, 1.82) is 0 Å². The van der Waals surface area contributed by atoms with E-state index in [9.17, 15) is 4.79 Å². The molecule has 0 aliphatic heterocycles. The standard InChI is InChI=1S/C22H22N6O/c29-22(18-9-5-2-6-10-18)24-16-14-21-26-25-20-12-11-19(27-28(20)21)23-15-13-17-7-3-1-4-8-17/h1-12H,13-16H2,(H,23,27)(H,24,29). The summed E-state index contributed by atoms with van der Waals surface area (Å²) in [6.45, 7) is 1.25. The van der Waals surface area contributed by atoms with Gasteiger partial charge in [-0.05, 0) is 36.2 Å². The van der Waals surface area contributed by atoms with E-state index in [1.807, 2.05) is 48.5 Å². The number of rotatable bonds is 8. The molecule has 1 amide bonds. The molecule has 0 fully saturated rings. The van der Waals surface area contributed by atoms with Crippen molar-refractivity contribution < 1.29 is 4.79 Å². The van der Waals surface area contributed by atoms with Crippen molar-refractivity contribution >= 4 is 17.4 Å². The predicted molar refractivity (Wildman–Crippen MR) is 112 cm³/mol. The normalized spacial score (nSPS) is 10.8. The first-order chi connectivity index (χ1) is 14.3. The molecule has 146 valence electrons. The van der Waals surface area contributed by atoms with Crippen LogP contribution in [0.2, 0.25) is 0 Å². The molecule has 0 saturated carbocycles. The summed E-state index contributed by atoms with van der Waals surface area (Å²) in [7, 11) is 0. The van der Waals surface area contributed by atoms with Gasteiger partial charge in [0.25, 0.3) is 5.91 Å². The second-order valence-electron chi connectivity index (χ2n) is 6.64. The van der Waals surface area contributed by atoms with Gasteiger partial charge in [-0.1, -0.05) is 48.5 Å². The number of carbonyl (C=O) groups is 1. The lowest BCUT2D eigenvalue weighted by molar-refractivity contribution is 0.0954. The van der Waals surface area contributed by atoms with E-state index in [1.54, 1.807) is 16.6 Å². The van der Waals surface area contributed by atoms with E-state index >= 15 is 0 Å². The molecule has 2 aromatic carbocycles. The average molecular weight is 386 g/mol. The summed E-state index contributed by atoms with van der Waals surface area (Å²) in [5, 5.41) is 19.2. The van der Waals surface area contributed by atoms with Gasteiger partial charge in [-0.25, -0.2) is 0 Å². The number of amides is 1. The Bertz CT molecular complexity index is 1080. The minimum Gasteiger partial charge on any atom is -0.368 e. The molecule has 2 heterocycles. The molecule has 29 heavy (non-hydrogen) atoms. The Morgan fingerprint density at radius 3 is 2.38 bits per heavy atom. The van der Waals surface area contributed by atoms with Crippen LogP contribution < -0.4 is 10.6 Å². The van der Waals surface area contributed by atoms with Crippen molar-refractivity contribution in [1.82, 2.24) is 25.1 Å². The third kappa shape index (κ3) is 4.76. The Morgan fingerprint density at radius 1 is 0.828 bits per heavy atom. The molecule has 4 aromatic rings. The fourth-order valence-corrected chi connectivity index (χ4v) is 3.04. The van der Waals surface area contributed by atoms with E-state index in [4.69, 9.17) is 0 Å². The molecule has 0 bridgehead atoms. The van der Waals surface area contributed by atoms with Crippen molar-refractivity contribution in [2.24, 2.45) is 0 Å². The van der Waals surface area contributed by atoms with E-state index in [-0.39, 0.29) is 5.91 Å². The van der Waals surface area contributed by atoms with Crippen LogP contribution in [0.3, 0.4) is 0 Å². The minimum absolute atomic E-state index is 0.101. The molecule has 0 saturated heterocycles. The topological polar surface area (TPSA) is 84.2 Å². The predicted octanol–water partition coefficient (Wildman–Crippen LogP) is 2.75. The summed E-state index contributed by atoms with van der Waals surface area (Å²) in [4.78, 5) is 12.1. The Kier molecular flexibility index (Phi) is 5.76. The fraction of sp³-hybridized carbons (Fsp3) is 0.182. The molecule has 2 aromatic heterocycles. The number of carbonyl (C=O) groups excluding carboxylic acids is 1. The van der Waals surface area contributed by atoms with Gasteiger partial charge in [-0.3, -0.25) is 4.79 Å². The maximum atomic E-state index is 12.1. The maximum Gasteiger partial charge on any atom is 0.251 e. The highest BCUT2D eigenvalue weighted by Crippen LogP contribution is 2.08. The zero-order valence-electron chi connectivity index (χ0n) is 16.0. The van der Waals surface area contributed by atoms with Crippen LogP contribution in [0.25, 0.3) is 5.65 Å². The van der Waals surface area contributed by atoms with E-state index in [0.717, 1.165) is 18.8 Å². The van der Waals surface area contributed by atoms with Crippen molar-refractivity contribution in [3.05, 3.63) is 89.7 Å². The van der Waals surface area contributed by atoms with Gasteiger partial charge in [0, 0.05) is 25.1 Å². The fourth-order valence-electron chi connectivity index (χ4n) is 3.04. The summed E-state index contributed by atoms with van der Waals surface area (Å²) in [6.07, 6.45) is 1.46. The molecule has 0 aliphatic carbocycles. The number of nitrogens with zero attached hydrogens (tertiary/aromatic N) is 4. The highest BCUT2D eigenvalue weighted by Gasteiger charge is 2.09. The van der Waals surface area contributed by atoms with E-state index in [1.165, 1.54) is 5.56 Å². The van der Waals surface area contributed by atoms with Crippen LogP contribution in [0.15, 0.2) is 72.8 Å². The minimum atomic E-state index is -0.101. The lowest BCUT2D eigenvalue weighted by atomic mass is 10.1. The summed E-state index contributed by atoms with van der Waals surface area (Å²) >= 11 is 0. The van der Waals surface area contributed by atoms with Gasteiger partial charge >= 0.3 is 0 Å². The molecular formula is C22H22N6O. The van der Waals surface area contributed by atoms with Gasteiger partial charge in [0.1, 0.15) is 5.82 Å². The Balaban J connectivity index is 1.35. The first-order valence-electron chi connectivity index (χ1n) is 9.62. The second kappa shape index (κ2) is 8.97. The first kappa shape index (κ1) is 18.6. The number of fused-ring (bicyclic) bond motifs is 1. The molecule has 7 nitrogen and oxygen atoms in total. The van der Waals surface area contributed by atoms with Gasteiger partial charge in [-0.15, -0.1) is 15.3 Å². The Labute approximate surface area is 168 Å². The van der Waals surface area contributed by atoms with E-state index in [2.05, 4.69) is 38.1 Å². The SMILES string of the molecule is O=C(NCCc1nnc2ccc(NCCc3ccccc3)nn12)c1ccccc1. The van der Waals surface area contributed by atoms with Crippen LogP contribution in [0.1, 0.15) is 21.7 Å². The van der Waals surface area contributed by atoms with Crippen LogP contribution >= 0.6 is 0 Å².